The van der Waals surface area contributed by atoms with Gasteiger partial charge in [0.1, 0.15) is 0 Å². The SMILES string of the molecule is C=N/N=C/C(C)CCCCCC. The van der Waals surface area contributed by atoms with Crippen molar-refractivity contribution in [2.75, 3.05) is 0 Å². The van der Waals surface area contributed by atoms with Gasteiger partial charge < -0.3 is 0 Å². The molecule has 0 amide bonds. The van der Waals surface area contributed by atoms with Crippen LogP contribution in [-0.2, 0) is 0 Å². The molecule has 0 radical (unpaired) electrons. The Morgan fingerprint density at radius 3 is 2.67 bits per heavy atom. The molecule has 12 heavy (non-hydrogen) atoms. The van der Waals surface area contributed by atoms with E-state index >= 15 is 0 Å². The molecule has 0 aromatic rings. The minimum absolute atomic E-state index is 0.548. The zero-order valence-electron chi connectivity index (χ0n) is 8.29. The lowest BCUT2D eigenvalue weighted by Gasteiger charge is -2.03. The number of nitrogens with zero attached hydrogens (tertiary/aromatic N) is 2. The topological polar surface area (TPSA) is 24.7 Å². The van der Waals surface area contributed by atoms with E-state index in [2.05, 4.69) is 30.8 Å². The summed E-state index contributed by atoms with van der Waals surface area (Å²) < 4.78 is 0. The van der Waals surface area contributed by atoms with Gasteiger partial charge in [-0.1, -0.05) is 39.5 Å². The van der Waals surface area contributed by atoms with Crippen molar-refractivity contribution in [2.24, 2.45) is 16.1 Å². The second kappa shape index (κ2) is 8.44. The molecule has 0 N–H and O–H groups in total. The summed E-state index contributed by atoms with van der Waals surface area (Å²) in [7, 11) is 0. The van der Waals surface area contributed by atoms with Gasteiger partial charge >= 0.3 is 0 Å². The van der Waals surface area contributed by atoms with E-state index in [1.54, 1.807) is 0 Å². The summed E-state index contributed by atoms with van der Waals surface area (Å²) in [5, 5.41) is 7.20. The lowest BCUT2D eigenvalue weighted by molar-refractivity contribution is 0.583. The summed E-state index contributed by atoms with van der Waals surface area (Å²) in [5.41, 5.74) is 0. The third kappa shape index (κ3) is 7.45. The van der Waals surface area contributed by atoms with Crippen LogP contribution in [0.3, 0.4) is 0 Å². The second-order valence-corrected chi connectivity index (χ2v) is 3.23. The van der Waals surface area contributed by atoms with Gasteiger partial charge in [-0.05, 0) is 12.3 Å². The van der Waals surface area contributed by atoms with Gasteiger partial charge in [0, 0.05) is 12.9 Å². The van der Waals surface area contributed by atoms with Crippen LogP contribution in [0.25, 0.3) is 0 Å². The van der Waals surface area contributed by atoms with E-state index in [-0.39, 0.29) is 0 Å². The summed E-state index contributed by atoms with van der Waals surface area (Å²) in [6.45, 7) is 7.69. The highest BCUT2D eigenvalue weighted by molar-refractivity contribution is 5.60. The molecule has 1 unspecified atom stereocenters. The molecule has 0 aliphatic carbocycles. The molecule has 0 saturated carbocycles. The molecule has 2 heteroatoms. The number of hydrogen-bond acceptors (Lipinski definition) is 2. The van der Waals surface area contributed by atoms with E-state index in [4.69, 9.17) is 0 Å². The van der Waals surface area contributed by atoms with E-state index in [9.17, 15) is 0 Å². The summed E-state index contributed by atoms with van der Waals surface area (Å²) in [5.74, 6) is 0.548. The van der Waals surface area contributed by atoms with Crippen LogP contribution >= 0.6 is 0 Å². The van der Waals surface area contributed by atoms with Crippen molar-refractivity contribution in [1.29, 1.82) is 0 Å². The first-order chi connectivity index (χ1) is 5.81. The van der Waals surface area contributed by atoms with Gasteiger partial charge in [0.15, 0.2) is 0 Å². The number of rotatable bonds is 7. The van der Waals surface area contributed by atoms with Crippen molar-refractivity contribution in [1.82, 2.24) is 0 Å². The minimum atomic E-state index is 0.548. The molecular weight excluding hydrogens is 148 g/mol. The molecule has 0 aromatic carbocycles. The highest BCUT2D eigenvalue weighted by atomic mass is 15.2. The Morgan fingerprint density at radius 1 is 1.33 bits per heavy atom. The van der Waals surface area contributed by atoms with E-state index in [0.29, 0.717) is 5.92 Å². The van der Waals surface area contributed by atoms with Crippen molar-refractivity contribution < 1.29 is 0 Å². The number of hydrogen-bond donors (Lipinski definition) is 0. The number of unbranched alkanes of at least 4 members (excludes halogenated alkanes) is 3. The van der Waals surface area contributed by atoms with Crippen molar-refractivity contribution in [3.05, 3.63) is 0 Å². The Labute approximate surface area is 75.8 Å². The molecular formula is C10H20N2. The van der Waals surface area contributed by atoms with Gasteiger partial charge in [-0.15, -0.1) is 0 Å². The van der Waals surface area contributed by atoms with E-state index in [1.807, 2.05) is 6.21 Å². The maximum absolute atomic E-state index is 3.76. The van der Waals surface area contributed by atoms with Gasteiger partial charge in [0.2, 0.25) is 0 Å². The monoisotopic (exact) mass is 168 g/mol. The average molecular weight is 168 g/mol. The van der Waals surface area contributed by atoms with Crippen molar-refractivity contribution in [3.8, 4) is 0 Å². The Morgan fingerprint density at radius 2 is 2.08 bits per heavy atom. The lowest BCUT2D eigenvalue weighted by Crippen LogP contribution is -1.95. The fourth-order valence-electron chi connectivity index (χ4n) is 1.13. The first-order valence-corrected chi connectivity index (χ1v) is 4.80. The zero-order valence-corrected chi connectivity index (χ0v) is 8.29. The largest absolute Gasteiger partial charge is 0.167 e. The summed E-state index contributed by atoms with van der Waals surface area (Å²) in [6, 6.07) is 0. The Balaban J connectivity index is 3.24. The van der Waals surface area contributed by atoms with Gasteiger partial charge in [-0.25, -0.2) is 0 Å². The Hall–Kier alpha value is -0.660. The predicted octanol–water partition coefficient (Wildman–Crippen LogP) is 3.28. The van der Waals surface area contributed by atoms with Crippen molar-refractivity contribution in [2.45, 2.75) is 46.0 Å². The summed E-state index contributed by atoms with van der Waals surface area (Å²) >= 11 is 0. The first-order valence-electron chi connectivity index (χ1n) is 4.80. The van der Waals surface area contributed by atoms with Crippen LogP contribution in [0.5, 0.6) is 0 Å². The van der Waals surface area contributed by atoms with Gasteiger partial charge in [0.05, 0.1) is 0 Å². The van der Waals surface area contributed by atoms with Gasteiger partial charge in [-0.3, -0.25) is 0 Å². The molecule has 0 aromatic heterocycles. The van der Waals surface area contributed by atoms with Crippen LogP contribution in [0.15, 0.2) is 10.2 Å². The zero-order chi connectivity index (χ0) is 9.23. The van der Waals surface area contributed by atoms with Crippen molar-refractivity contribution >= 4 is 12.9 Å². The maximum Gasteiger partial charge on any atom is 0.0298 e. The molecule has 0 fully saturated rings. The smallest absolute Gasteiger partial charge is 0.0298 e. The standard InChI is InChI=1S/C10H20N2/c1-4-5-6-7-8-10(2)9-12-11-3/h9-10H,3-8H2,1-2H3/b12-9+. The highest BCUT2D eigenvalue weighted by Crippen LogP contribution is 2.08. The third-order valence-electron chi connectivity index (χ3n) is 1.92. The fraction of sp³-hybridized carbons (Fsp3) is 0.800. The third-order valence-corrected chi connectivity index (χ3v) is 1.92. The normalized spacial score (nSPS) is 13.5. The van der Waals surface area contributed by atoms with Crippen molar-refractivity contribution in [3.63, 3.8) is 0 Å². The van der Waals surface area contributed by atoms with E-state index < -0.39 is 0 Å². The van der Waals surface area contributed by atoms with Crippen LogP contribution in [0.1, 0.15) is 46.0 Å². The minimum Gasteiger partial charge on any atom is -0.167 e. The van der Waals surface area contributed by atoms with Gasteiger partial charge in [0.25, 0.3) is 0 Å². The Kier molecular flexibility index (Phi) is 7.97. The molecule has 0 aliphatic heterocycles. The van der Waals surface area contributed by atoms with E-state index in [1.165, 1.54) is 32.1 Å². The molecule has 2 nitrogen and oxygen atoms in total. The molecule has 0 saturated heterocycles. The second-order valence-electron chi connectivity index (χ2n) is 3.23. The summed E-state index contributed by atoms with van der Waals surface area (Å²) in [4.78, 5) is 0. The van der Waals surface area contributed by atoms with Crippen LogP contribution < -0.4 is 0 Å². The molecule has 70 valence electrons. The molecule has 0 heterocycles. The lowest BCUT2D eigenvalue weighted by atomic mass is 10.0. The predicted molar refractivity (Wildman–Crippen MR) is 56.0 cm³/mol. The van der Waals surface area contributed by atoms with E-state index in [0.717, 1.165) is 0 Å². The average Bonchev–Trinajstić information content (AvgIpc) is 2.09. The fourth-order valence-corrected chi connectivity index (χ4v) is 1.13. The molecule has 0 rings (SSSR count). The quantitative estimate of drug-likeness (QED) is 0.316. The highest BCUT2D eigenvalue weighted by Gasteiger charge is 1.96. The molecule has 0 bridgehead atoms. The first kappa shape index (κ1) is 11.3. The van der Waals surface area contributed by atoms with Crippen LogP contribution in [0, 0.1) is 5.92 Å². The molecule has 0 aliphatic rings. The van der Waals surface area contributed by atoms with Crippen LogP contribution in [0.4, 0.5) is 0 Å². The molecule has 0 spiro atoms. The molecule has 1 atom stereocenters. The summed E-state index contributed by atoms with van der Waals surface area (Å²) in [6.07, 6.45) is 8.40. The van der Waals surface area contributed by atoms with Crippen LogP contribution in [-0.4, -0.2) is 12.9 Å². The van der Waals surface area contributed by atoms with Gasteiger partial charge in [-0.2, -0.15) is 10.2 Å². The van der Waals surface area contributed by atoms with Crippen LogP contribution in [0.2, 0.25) is 0 Å². The maximum atomic E-state index is 3.76. The Bertz CT molecular complexity index is 130.